The SMILES string of the molecule is NCCNc1nc2sccn2c1[N+](=O)[O-]. The van der Waals surface area contributed by atoms with Gasteiger partial charge in [0.05, 0.1) is 0 Å². The molecule has 7 nitrogen and oxygen atoms in total. The molecule has 0 aliphatic rings. The first-order chi connectivity index (χ1) is 7.24. The van der Waals surface area contributed by atoms with Gasteiger partial charge in [-0.25, -0.2) is 0 Å². The largest absolute Gasteiger partial charge is 0.372 e. The number of nitro groups is 1. The van der Waals surface area contributed by atoms with Crippen LogP contribution in [0.4, 0.5) is 11.6 Å². The van der Waals surface area contributed by atoms with E-state index in [9.17, 15) is 10.1 Å². The molecular formula is C7H9N5O2S. The van der Waals surface area contributed by atoms with Gasteiger partial charge < -0.3 is 21.2 Å². The highest BCUT2D eigenvalue weighted by atomic mass is 32.1. The maximum absolute atomic E-state index is 10.8. The number of aromatic nitrogens is 2. The van der Waals surface area contributed by atoms with Gasteiger partial charge in [-0.05, 0) is 4.92 Å². The number of thiazole rings is 1. The number of imidazole rings is 1. The lowest BCUT2D eigenvalue weighted by Gasteiger charge is -1.99. The minimum Gasteiger partial charge on any atom is -0.362 e. The number of hydrogen-bond donors (Lipinski definition) is 2. The van der Waals surface area contributed by atoms with E-state index < -0.39 is 4.92 Å². The Labute approximate surface area is 88.7 Å². The van der Waals surface area contributed by atoms with Gasteiger partial charge in [0.15, 0.2) is 0 Å². The number of anilines is 1. The molecule has 0 radical (unpaired) electrons. The van der Waals surface area contributed by atoms with E-state index in [-0.39, 0.29) is 11.6 Å². The molecule has 0 unspecified atom stereocenters. The second kappa shape index (κ2) is 3.83. The number of rotatable bonds is 4. The summed E-state index contributed by atoms with van der Waals surface area (Å²) in [7, 11) is 0. The first-order valence-electron chi connectivity index (χ1n) is 4.28. The standard InChI is InChI=1S/C7H9N5O2S/c8-1-2-9-5-6(12(13)14)11-3-4-15-7(11)10-5/h3-4,9H,1-2,8H2. The number of hydrogen-bond acceptors (Lipinski definition) is 6. The summed E-state index contributed by atoms with van der Waals surface area (Å²) in [5.41, 5.74) is 5.31. The van der Waals surface area contributed by atoms with Gasteiger partial charge >= 0.3 is 5.82 Å². The van der Waals surface area contributed by atoms with Crippen LogP contribution >= 0.6 is 11.3 Å². The first kappa shape index (κ1) is 9.87. The summed E-state index contributed by atoms with van der Waals surface area (Å²) in [5.74, 6) is 0.233. The molecule has 3 N–H and O–H groups in total. The maximum Gasteiger partial charge on any atom is 0.372 e. The predicted octanol–water partition coefficient (Wildman–Crippen LogP) is 0.675. The second-order valence-electron chi connectivity index (χ2n) is 2.81. The van der Waals surface area contributed by atoms with E-state index in [0.29, 0.717) is 18.1 Å². The number of nitrogens with one attached hydrogen (secondary N) is 1. The van der Waals surface area contributed by atoms with Crippen LogP contribution in [0, 0.1) is 10.1 Å². The lowest BCUT2D eigenvalue weighted by Crippen LogP contribution is -2.14. The van der Waals surface area contributed by atoms with Gasteiger partial charge in [0.1, 0.15) is 6.20 Å². The number of nitrogens with two attached hydrogens (primary N) is 1. The third kappa shape index (κ3) is 1.64. The summed E-state index contributed by atoms with van der Waals surface area (Å²) in [6.45, 7) is 0.869. The van der Waals surface area contributed by atoms with Crippen molar-refractivity contribution >= 4 is 27.9 Å². The molecule has 0 amide bonds. The fraction of sp³-hybridized carbons (Fsp3) is 0.286. The molecule has 0 aliphatic heterocycles. The molecule has 80 valence electrons. The van der Waals surface area contributed by atoms with Crippen molar-refractivity contribution in [2.24, 2.45) is 5.73 Å². The Kier molecular flexibility index (Phi) is 2.52. The van der Waals surface area contributed by atoms with Gasteiger partial charge in [0.25, 0.3) is 4.96 Å². The van der Waals surface area contributed by atoms with Gasteiger partial charge in [-0.15, -0.1) is 0 Å². The van der Waals surface area contributed by atoms with Crippen molar-refractivity contribution in [3.63, 3.8) is 0 Å². The summed E-state index contributed by atoms with van der Waals surface area (Å²) in [5, 5.41) is 15.4. The van der Waals surface area contributed by atoms with Crippen LogP contribution in [0.1, 0.15) is 0 Å². The van der Waals surface area contributed by atoms with Crippen molar-refractivity contribution in [1.82, 2.24) is 9.38 Å². The molecular weight excluding hydrogens is 218 g/mol. The molecule has 0 aliphatic carbocycles. The van der Waals surface area contributed by atoms with Crippen LogP contribution < -0.4 is 11.1 Å². The van der Waals surface area contributed by atoms with E-state index in [1.165, 1.54) is 15.7 Å². The average Bonchev–Trinajstić information content (AvgIpc) is 2.72. The molecule has 0 aromatic carbocycles. The predicted molar refractivity (Wildman–Crippen MR) is 57.3 cm³/mol. The molecule has 0 saturated carbocycles. The lowest BCUT2D eigenvalue weighted by molar-refractivity contribution is -0.389. The van der Waals surface area contributed by atoms with Crippen LogP contribution in [0.3, 0.4) is 0 Å². The van der Waals surface area contributed by atoms with E-state index in [1.54, 1.807) is 11.6 Å². The highest BCUT2D eigenvalue weighted by Gasteiger charge is 2.22. The molecule has 0 spiro atoms. The van der Waals surface area contributed by atoms with Crippen LogP contribution in [-0.4, -0.2) is 27.4 Å². The van der Waals surface area contributed by atoms with Gasteiger partial charge in [0.2, 0.25) is 5.82 Å². The highest BCUT2D eigenvalue weighted by Crippen LogP contribution is 2.27. The van der Waals surface area contributed by atoms with Gasteiger partial charge in [0, 0.05) is 18.5 Å². The smallest absolute Gasteiger partial charge is 0.362 e. The normalized spacial score (nSPS) is 10.7. The molecule has 2 heterocycles. The fourth-order valence-corrected chi connectivity index (χ4v) is 1.97. The zero-order valence-electron chi connectivity index (χ0n) is 7.71. The summed E-state index contributed by atoms with van der Waals surface area (Å²) in [4.78, 5) is 15.1. The zero-order chi connectivity index (χ0) is 10.8. The number of nitrogens with zero attached hydrogens (tertiary/aromatic N) is 3. The molecule has 15 heavy (non-hydrogen) atoms. The zero-order valence-corrected chi connectivity index (χ0v) is 8.53. The van der Waals surface area contributed by atoms with Crippen LogP contribution in [-0.2, 0) is 0 Å². The topological polar surface area (TPSA) is 98.5 Å². The third-order valence-electron chi connectivity index (χ3n) is 1.85. The van der Waals surface area contributed by atoms with E-state index in [0.717, 1.165) is 0 Å². The Morgan fingerprint density at radius 1 is 1.73 bits per heavy atom. The Hall–Kier alpha value is -1.67. The Morgan fingerprint density at radius 3 is 3.20 bits per heavy atom. The molecule has 2 aromatic heterocycles. The molecule has 0 fully saturated rings. The van der Waals surface area contributed by atoms with Crippen LogP contribution in [0.15, 0.2) is 11.6 Å². The first-order valence-corrected chi connectivity index (χ1v) is 5.16. The summed E-state index contributed by atoms with van der Waals surface area (Å²) >= 11 is 1.35. The minimum absolute atomic E-state index is 0.0419. The Balaban J connectivity index is 2.47. The monoisotopic (exact) mass is 227 g/mol. The van der Waals surface area contributed by atoms with Gasteiger partial charge in [-0.2, -0.15) is 9.38 Å². The average molecular weight is 227 g/mol. The Morgan fingerprint density at radius 2 is 2.53 bits per heavy atom. The highest BCUT2D eigenvalue weighted by molar-refractivity contribution is 7.15. The molecule has 0 bridgehead atoms. The quantitative estimate of drug-likeness (QED) is 0.591. The molecule has 0 saturated heterocycles. The Bertz CT molecular complexity index is 490. The molecule has 0 atom stereocenters. The van der Waals surface area contributed by atoms with Crippen LogP contribution in [0.25, 0.3) is 4.96 Å². The minimum atomic E-state index is -0.453. The molecule has 2 aromatic rings. The fourth-order valence-electron chi connectivity index (χ4n) is 1.26. The van der Waals surface area contributed by atoms with Crippen molar-refractivity contribution in [1.29, 1.82) is 0 Å². The number of fused-ring (bicyclic) bond motifs is 1. The van der Waals surface area contributed by atoms with Crippen molar-refractivity contribution < 1.29 is 4.92 Å². The van der Waals surface area contributed by atoms with Crippen LogP contribution in [0.2, 0.25) is 0 Å². The van der Waals surface area contributed by atoms with Gasteiger partial charge in [-0.1, -0.05) is 11.3 Å². The molecule has 2 rings (SSSR count). The van der Waals surface area contributed by atoms with E-state index in [4.69, 9.17) is 5.73 Å². The summed E-state index contributed by atoms with van der Waals surface area (Å²) in [6.07, 6.45) is 1.62. The summed E-state index contributed by atoms with van der Waals surface area (Å²) in [6, 6.07) is 0. The van der Waals surface area contributed by atoms with Crippen molar-refractivity contribution in [3.8, 4) is 0 Å². The van der Waals surface area contributed by atoms with Crippen molar-refractivity contribution in [2.45, 2.75) is 0 Å². The molecule has 8 heteroatoms. The second-order valence-corrected chi connectivity index (χ2v) is 3.69. The van der Waals surface area contributed by atoms with Crippen molar-refractivity contribution in [3.05, 3.63) is 21.7 Å². The lowest BCUT2D eigenvalue weighted by atomic mass is 10.5. The van der Waals surface area contributed by atoms with E-state index in [1.807, 2.05) is 0 Å². The van der Waals surface area contributed by atoms with Crippen molar-refractivity contribution in [2.75, 3.05) is 18.4 Å². The third-order valence-corrected chi connectivity index (χ3v) is 2.60. The van der Waals surface area contributed by atoms with Gasteiger partial charge in [-0.3, -0.25) is 0 Å². The summed E-state index contributed by atoms with van der Waals surface area (Å²) < 4.78 is 1.45. The van der Waals surface area contributed by atoms with E-state index in [2.05, 4.69) is 10.3 Å². The maximum atomic E-state index is 10.8. The van der Waals surface area contributed by atoms with E-state index >= 15 is 0 Å². The van der Waals surface area contributed by atoms with Crippen LogP contribution in [0.5, 0.6) is 0 Å².